The Kier molecular flexibility index (Phi) is 2.85. The fraction of sp³-hybridized carbons (Fsp3) is 0. The van der Waals surface area contributed by atoms with E-state index in [4.69, 9.17) is 12.2 Å². The lowest BCUT2D eigenvalue weighted by molar-refractivity contribution is 0.921. The van der Waals surface area contributed by atoms with Gasteiger partial charge in [-0.2, -0.15) is 0 Å². The van der Waals surface area contributed by atoms with Crippen molar-refractivity contribution < 1.29 is 0 Å². The van der Waals surface area contributed by atoms with Crippen molar-refractivity contribution in [1.29, 1.82) is 0 Å². The van der Waals surface area contributed by atoms with Gasteiger partial charge in [0.05, 0.1) is 0 Å². The molecule has 0 amide bonds. The number of aromatic amines is 1. The van der Waals surface area contributed by atoms with Gasteiger partial charge >= 0.3 is 0 Å². The minimum Gasteiger partial charge on any atom is -0.325 e. The Hall–Kier alpha value is -1.27. The van der Waals surface area contributed by atoms with E-state index in [0.717, 1.165) is 0 Å². The van der Waals surface area contributed by atoms with Crippen LogP contribution in [0.25, 0.3) is 0 Å². The van der Waals surface area contributed by atoms with E-state index in [9.17, 15) is 0 Å². The smallest absolute Gasteiger partial charge is 0.195 e. The quantitative estimate of drug-likeness (QED) is 0.622. The highest BCUT2D eigenvalue weighted by Gasteiger charge is 1.99. The van der Waals surface area contributed by atoms with Gasteiger partial charge in [-0.15, -0.1) is 0 Å². The van der Waals surface area contributed by atoms with Gasteiger partial charge in [-0.1, -0.05) is 12.2 Å². The van der Waals surface area contributed by atoms with E-state index in [1.54, 1.807) is 30.7 Å². The lowest BCUT2D eigenvalue weighted by Gasteiger charge is -1.97. The van der Waals surface area contributed by atoms with Crippen LogP contribution in [0.2, 0.25) is 0 Å². The molecule has 0 saturated heterocycles. The molecule has 6 heteroatoms. The summed E-state index contributed by atoms with van der Waals surface area (Å²) in [7, 11) is 0. The Morgan fingerprint density at radius 2 is 1.93 bits per heavy atom. The highest BCUT2D eigenvalue weighted by molar-refractivity contribution is 7.99. The molecule has 4 nitrogen and oxygen atoms in total. The van der Waals surface area contributed by atoms with Crippen LogP contribution < -0.4 is 0 Å². The third-order valence-electron chi connectivity index (χ3n) is 1.38. The van der Waals surface area contributed by atoms with Gasteiger partial charge in [0.1, 0.15) is 4.64 Å². The number of aromatic nitrogens is 4. The van der Waals surface area contributed by atoms with Crippen LogP contribution in [0.5, 0.6) is 0 Å². The SMILES string of the molecule is S=c1ccnc(Sc2ncccn2)[nH]1. The number of nitrogens with one attached hydrogen (secondary N) is 1. The molecule has 1 N–H and O–H groups in total. The largest absolute Gasteiger partial charge is 0.325 e. The fourth-order valence-electron chi connectivity index (χ4n) is 0.828. The third kappa shape index (κ3) is 2.36. The second-order valence-electron chi connectivity index (χ2n) is 2.37. The van der Waals surface area contributed by atoms with E-state index >= 15 is 0 Å². The minimum atomic E-state index is 0.650. The first-order valence-electron chi connectivity index (χ1n) is 3.85. The molecule has 2 aromatic heterocycles. The molecule has 0 atom stereocenters. The summed E-state index contributed by atoms with van der Waals surface area (Å²) in [5.41, 5.74) is 0. The number of hydrogen-bond acceptors (Lipinski definition) is 5. The van der Waals surface area contributed by atoms with Gasteiger partial charge in [0.2, 0.25) is 0 Å². The van der Waals surface area contributed by atoms with Gasteiger partial charge in [0, 0.05) is 18.6 Å². The van der Waals surface area contributed by atoms with Crippen LogP contribution in [-0.4, -0.2) is 19.9 Å². The summed E-state index contributed by atoms with van der Waals surface area (Å²) in [5.74, 6) is 0. The van der Waals surface area contributed by atoms with Crippen LogP contribution >= 0.6 is 24.0 Å². The first-order chi connectivity index (χ1) is 6.84. The maximum Gasteiger partial charge on any atom is 0.195 e. The average molecular weight is 222 g/mol. The van der Waals surface area contributed by atoms with Crippen molar-refractivity contribution in [2.24, 2.45) is 0 Å². The van der Waals surface area contributed by atoms with Crippen molar-refractivity contribution in [3.05, 3.63) is 35.4 Å². The molecule has 0 aliphatic carbocycles. The first kappa shape index (κ1) is 9.29. The molecule has 70 valence electrons. The van der Waals surface area contributed by atoms with Crippen molar-refractivity contribution >= 4 is 24.0 Å². The summed E-state index contributed by atoms with van der Waals surface area (Å²) in [4.78, 5) is 15.2. The molecule has 0 radical (unpaired) electrons. The highest BCUT2D eigenvalue weighted by atomic mass is 32.2. The Bertz CT molecular complexity index is 468. The lowest BCUT2D eigenvalue weighted by atomic mass is 10.7. The molecule has 0 aromatic carbocycles. The van der Waals surface area contributed by atoms with Gasteiger partial charge in [0.25, 0.3) is 0 Å². The molecule has 14 heavy (non-hydrogen) atoms. The van der Waals surface area contributed by atoms with E-state index in [-0.39, 0.29) is 0 Å². The summed E-state index contributed by atoms with van der Waals surface area (Å²) in [5, 5.41) is 1.35. The van der Waals surface area contributed by atoms with Crippen LogP contribution in [0.1, 0.15) is 0 Å². The van der Waals surface area contributed by atoms with Crippen LogP contribution in [0.15, 0.2) is 41.0 Å². The van der Waals surface area contributed by atoms with Crippen molar-refractivity contribution in [2.75, 3.05) is 0 Å². The Morgan fingerprint density at radius 3 is 2.64 bits per heavy atom. The van der Waals surface area contributed by atoms with Gasteiger partial charge in [0.15, 0.2) is 10.3 Å². The van der Waals surface area contributed by atoms with E-state index in [0.29, 0.717) is 15.0 Å². The van der Waals surface area contributed by atoms with E-state index < -0.39 is 0 Å². The zero-order valence-corrected chi connectivity index (χ0v) is 8.68. The maximum atomic E-state index is 4.97. The Morgan fingerprint density at radius 1 is 1.14 bits per heavy atom. The van der Waals surface area contributed by atoms with Crippen LogP contribution in [0, 0.1) is 4.64 Å². The highest BCUT2D eigenvalue weighted by Crippen LogP contribution is 2.18. The summed E-state index contributed by atoms with van der Waals surface area (Å²) in [6.45, 7) is 0. The lowest BCUT2D eigenvalue weighted by Crippen LogP contribution is -1.88. The van der Waals surface area contributed by atoms with Gasteiger partial charge in [-0.25, -0.2) is 15.0 Å². The van der Waals surface area contributed by atoms with Crippen molar-refractivity contribution in [3.63, 3.8) is 0 Å². The van der Waals surface area contributed by atoms with Gasteiger partial charge < -0.3 is 4.98 Å². The summed E-state index contributed by atoms with van der Waals surface area (Å²) in [6.07, 6.45) is 5.03. The van der Waals surface area contributed by atoms with Crippen LogP contribution in [0.3, 0.4) is 0 Å². The van der Waals surface area contributed by atoms with Gasteiger partial charge in [-0.05, 0) is 23.9 Å². The summed E-state index contributed by atoms with van der Waals surface area (Å²) < 4.78 is 0.651. The number of nitrogens with zero attached hydrogens (tertiary/aromatic N) is 3. The second kappa shape index (κ2) is 4.30. The molecule has 0 fully saturated rings. The number of rotatable bonds is 2. The molecule has 0 bridgehead atoms. The van der Waals surface area contributed by atoms with E-state index in [1.165, 1.54) is 11.8 Å². The van der Waals surface area contributed by atoms with Gasteiger partial charge in [-0.3, -0.25) is 0 Å². The topological polar surface area (TPSA) is 54.5 Å². The monoisotopic (exact) mass is 222 g/mol. The van der Waals surface area contributed by atoms with Crippen LogP contribution in [0.4, 0.5) is 0 Å². The predicted molar refractivity (Wildman–Crippen MR) is 55.6 cm³/mol. The van der Waals surface area contributed by atoms with E-state index in [2.05, 4.69) is 19.9 Å². The second-order valence-corrected chi connectivity index (χ2v) is 3.77. The molecule has 2 aromatic rings. The standard InChI is InChI=1S/C8H6N4S2/c13-6-2-5-11-8(12-6)14-7-9-3-1-4-10-7/h1-5H,(H,11,12,13). The zero-order valence-electron chi connectivity index (χ0n) is 7.04. The fourth-order valence-corrected chi connectivity index (χ4v) is 1.73. The molecular weight excluding hydrogens is 216 g/mol. The van der Waals surface area contributed by atoms with Crippen LogP contribution in [-0.2, 0) is 0 Å². The average Bonchev–Trinajstić information content (AvgIpc) is 2.19. The molecule has 2 heterocycles. The van der Waals surface area contributed by atoms with Crippen molar-refractivity contribution in [1.82, 2.24) is 19.9 Å². The normalized spacial score (nSPS) is 10.0. The van der Waals surface area contributed by atoms with E-state index in [1.807, 2.05) is 0 Å². The predicted octanol–water partition coefficient (Wildman–Crippen LogP) is 2.08. The zero-order chi connectivity index (χ0) is 9.80. The Balaban J connectivity index is 2.24. The van der Waals surface area contributed by atoms with Crippen molar-refractivity contribution in [3.8, 4) is 0 Å². The van der Waals surface area contributed by atoms with Crippen molar-refractivity contribution in [2.45, 2.75) is 10.3 Å². The number of hydrogen-bond donors (Lipinski definition) is 1. The third-order valence-corrected chi connectivity index (χ3v) is 2.41. The molecule has 0 aliphatic heterocycles. The molecule has 0 unspecified atom stereocenters. The first-order valence-corrected chi connectivity index (χ1v) is 5.07. The minimum absolute atomic E-state index is 0.650. The molecule has 0 spiro atoms. The summed E-state index contributed by atoms with van der Waals surface area (Å²) in [6, 6.07) is 3.50. The molecule has 2 rings (SSSR count). The Labute approximate surface area is 89.8 Å². The maximum absolute atomic E-state index is 4.97. The molecule has 0 saturated carbocycles. The summed E-state index contributed by atoms with van der Waals surface area (Å²) >= 11 is 6.31. The molecule has 0 aliphatic rings. The molecular formula is C8H6N4S2. The number of H-pyrrole nitrogens is 1.